The van der Waals surface area contributed by atoms with E-state index >= 15 is 0 Å². The molecule has 12 heteroatoms. The molecule has 4 rings (SSSR count). The van der Waals surface area contributed by atoms with Crippen molar-refractivity contribution in [1.29, 1.82) is 0 Å². The Kier molecular flexibility index (Phi) is 9.32. The molecule has 2 fully saturated rings. The molecule has 1 aliphatic carbocycles. The van der Waals surface area contributed by atoms with Gasteiger partial charge in [-0.1, -0.05) is 13.0 Å². The van der Waals surface area contributed by atoms with Gasteiger partial charge in [0, 0.05) is 36.8 Å². The first-order chi connectivity index (χ1) is 19.0. The van der Waals surface area contributed by atoms with E-state index in [2.05, 4.69) is 17.6 Å². The largest absolute Gasteiger partial charge is 0.619 e. The van der Waals surface area contributed by atoms with Crippen LogP contribution in [0.3, 0.4) is 0 Å². The Morgan fingerprint density at radius 2 is 1.90 bits per heavy atom. The maximum Gasteiger partial charge on any atom is 0.416 e. The van der Waals surface area contributed by atoms with Gasteiger partial charge in [0.2, 0.25) is 5.91 Å². The summed E-state index contributed by atoms with van der Waals surface area (Å²) >= 11 is 0. The van der Waals surface area contributed by atoms with Gasteiger partial charge in [-0.25, -0.2) is 0 Å². The molecular weight excluding hydrogens is 529 g/mol. The number of benzene rings is 1. The Bertz CT molecular complexity index is 1170. The molecule has 1 saturated carbocycles. The molecule has 0 bridgehead atoms. The second-order valence-corrected chi connectivity index (χ2v) is 10.6. The van der Waals surface area contributed by atoms with E-state index in [0.717, 1.165) is 43.0 Å². The van der Waals surface area contributed by atoms with Gasteiger partial charge >= 0.3 is 6.18 Å². The summed E-state index contributed by atoms with van der Waals surface area (Å²) in [5, 5.41) is 29.5. The minimum absolute atomic E-state index is 0.0367. The fraction of sp³-hybridized carbons (Fsp3) is 0.536. The molecule has 2 atom stereocenters. The van der Waals surface area contributed by atoms with Crippen molar-refractivity contribution in [2.24, 2.45) is 5.92 Å². The minimum Gasteiger partial charge on any atom is -0.619 e. The second-order valence-electron chi connectivity index (χ2n) is 10.6. The van der Waals surface area contributed by atoms with Gasteiger partial charge in [-0.15, -0.1) is 0 Å². The van der Waals surface area contributed by atoms with E-state index < -0.39 is 29.2 Å². The summed E-state index contributed by atoms with van der Waals surface area (Å²) in [4.78, 5) is 30.9. The summed E-state index contributed by atoms with van der Waals surface area (Å²) in [6.07, 6.45) is 2.34. The standard InChI is InChI=1S/C28H35F3N4O5/c1-2-24(19-6-11-27(38,12-7-19)21-8-13-34(39)14-9-21)40-35-15-10-23(18-35)33-25(36)17-32-26(37)20-4-3-5-22(16-20)28(29,30)31/h3-5,8-9,13-14,16,19,23-24,38H,2,6-7,10-12,15,17-18H2,1H3,(H,32,37)(H,33,36)/t19?,23-,24?,27?/m0/s1. The molecule has 2 heterocycles. The Morgan fingerprint density at radius 3 is 2.55 bits per heavy atom. The number of hydrogen-bond donors (Lipinski definition) is 3. The van der Waals surface area contributed by atoms with E-state index in [4.69, 9.17) is 4.84 Å². The lowest BCUT2D eigenvalue weighted by molar-refractivity contribution is -0.605. The van der Waals surface area contributed by atoms with E-state index in [0.29, 0.717) is 37.1 Å². The first kappa shape index (κ1) is 29.8. The second kappa shape index (κ2) is 12.5. The number of pyridine rings is 1. The van der Waals surface area contributed by atoms with Crippen molar-refractivity contribution in [2.75, 3.05) is 19.6 Å². The van der Waals surface area contributed by atoms with Crippen LogP contribution in [0.2, 0.25) is 0 Å². The molecule has 1 aromatic carbocycles. The van der Waals surface area contributed by atoms with Crippen molar-refractivity contribution in [3.8, 4) is 0 Å². The Labute approximate surface area is 230 Å². The number of rotatable bonds is 9. The molecular formula is C28H35F3N4O5. The van der Waals surface area contributed by atoms with Crippen molar-refractivity contribution in [2.45, 2.75) is 69.4 Å². The molecule has 1 unspecified atom stereocenters. The quantitative estimate of drug-likeness (QED) is 0.318. The SMILES string of the molecule is CCC(ON1CC[C@H](NC(=O)CNC(=O)c2cccc(C(F)(F)F)c2)C1)C1CCC(O)(c2cc[n+]([O-])cc2)CC1. The van der Waals surface area contributed by atoms with Crippen LogP contribution in [0, 0.1) is 11.1 Å². The summed E-state index contributed by atoms with van der Waals surface area (Å²) in [7, 11) is 0. The lowest BCUT2D eigenvalue weighted by atomic mass is 9.73. The Hall–Kier alpha value is -3.22. The van der Waals surface area contributed by atoms with E-state index in [9.17, 15) is 33.1 Å². The van der Waals surface area contributed by atoms with Crippen molar-refractivity contribution in [3.05, 3.63) is 70.7 Å². The van der Waals surface area contributed by atoms with Crippen molar-refractivity contribution < 1.29 is 37.4 Å². The number of alkyl halides is 3. The molecule has 1 aliphatic heterocycles. The van der Waals surface area contributed by atoms with Crippen LogP contribution in [-0.4, -0.2) is 53.8 Å². The zero-order chi connectivity index (χ0) is 28.9. The van der Waals surface area contributed by atoms with E-state index in [1.54, 1.807) is 12.1 Å². The van der Waals surface area contributed by atoms with Crippen LogP contribution in [0.5, 0.6) is 0 Å². The zero-order valence-electron chi connectivity index (χ0n) is 22.3. The average molecular weight is 565 g/mol. The van der Waals surface area contributed by atoms with E-state index in [1.807, 2.05) is 5.06 Å². The van der Waals surface area contributed by atoms with Gasteiger partial charge in [-0.3, -0.25) is 14.4 Å². The number of hydrogen-bond acceptors (Lipinski definition) is 6. The molecule has 1 saturated heterocycles. The average Bonchev–Trinajstić information content (AvgIpc) is 3.37. The third kappa shape index (κ3) is 7.49. The van der Waals surface area contributed by atoms with E-state index in [1.165, 1.54) is 18.5 Å². The fourth-order valence-electron chi connectivity index (χ4n) is 5.51. The summed E-state index contributed by atoms with van der Waals surface area (Å²) in [6, 6.07) is 7.18. The van der Waals surface area contributed by atoms with Crippen molar-refractivity contribution >= 4 is 11.8 Å². The van der Waals surface area contributed by atoms with Crippen LogP contribution in [-0.2, 0) is 21.4 Å². The van der Waals surface area contributed by atoms with Crippen molar-refractivity contribution in [3.63, 3.8) is 0 Å². The highest BCUT2D eigenvalue weighted by molar-refractivity contribution is 5.96. The first-order valence-corrected chi connectivity index (χ1v) is 13.5. The highest BCUT2D eigenvalue weighted by Crippen LogP contribution is 2.41. The summed E-state index contributed by atoms with van der Waals surface area (Å²) in [5.41, 5.74) is -1.31. The summed E-state index contributed by atoms with van der Waals surface area (Å²) in [6.45, 7) is 2.79. The number of hydroxylamine groups is 2. The van der Waals surface area contributed by atoms with Crippen LogP contribution in [0.4, 0.5) is 13.2 Å². The molecule has 1 aromatic heterocycles. The maximum atomic E-state index is 12.9. The van der Waals surface area contributed by atoms with Crippen LogP contribution >= 0.6 is 0 Å². The number of nitrogens with one attached hydrogen (secondary N) is 2. The topological polar surface area (TPSA) is 118 Å². The highest BCUT2D eigenvalue weighted by atomic mass is 19.4. The lowest BCUT2D eigenvalue weighted by Crippen LogP contribution is -2.44. The molecule has 9 nitrogen and oxygen atoms in total. The summed E-state index contributed by atoms with van der Waals surface area (Å²) < 4.78 is 39.4. The Morgan fingerprint density at radius 1 is 1.20 bits per heavy atom. The van der Waals surface area contributed by atoms with E-state index in [-0.39, 0.29) is 30.2 Å². The molecule has 218 valence electrons. The predicted octanol–water partition coefficient (Wildman–Crippen LogP) is 3.05. The van der Waals surface area contributed by atoms with Gasteiger partial charge in [0.1, 0.15) is 0 Å². The molecule has 2 amide bonds. The Balaban J connectivity index is 1.20. The van der Waals surface area contributed by atoms with Gasteiger partial charge in [0.25, 0.3) is 5.91 Å². The highest BCUT2D eigenvalue weighted by Gasteiger charge is 2.39. The lowest BCUT2D eigenvalue weighted by Gasteiger charge is -2.39. The molecule has 0 spiro atoms. The number of aromatic nitrogens is 1. The van der Waals surface area contributed by atoms with Crippen LogP contribution in [0.15, 0.2) is 48.8 Å². The number of amides is 2. The number of halogens is 3. The van der Waals surface area contributed by atoms with Crippen LogP contribution < -0.4 is 15.4 Å². The first-order valence-electron chi connectivity index (χ1n) is 13.5. The molecule has 0 radical (unpaired) electrons. The number of nitrogens with zero attached hydrogens (tertiary/aromatic N) is 2. The van der Waals surface area contributed by atoms with Crippen LogP contribution in [0.25, 0.3) is 0 Å². The molecule has 3 N–H and O–H groups in total. The number of aliphatic hydroxyl groups is 1. The van der Waals surface area contributed by atoms with Crippen molar-refractivity contribution in [1.82, 2.24) is 15.7 Å². The monoisotopic (exact) mass is 564 g/mol. The molecule has 40 heavy (non-hydrogen) atoms. The van der Waals surface area contributed by atoms with Gasteiger partial charge in [0.15, 0.2) is 12.4 Å². The van der Waals surface area contributed by atoms with Gasteiger partial charge in [0.05, 0.1) is 23.8 Å². The molecule has 2 aromatic rings. The number of carbonyl (C=O) groups is 2. The molecule has 2 aliphatic rings. The van der Waals surface area contributed by atoms with Gasteiger partial charge < -0.3 is 20.9 Å². The van der Waals surface area contributed by atoms with Gasteiger partial charge in [-0.2, -0.15) is 23.0 Å². The summed E-state index contributed by atoms with van der Waals surface area (Å²) in [5.74, 6) is -0.934. The minimum atomic E-state index is -4.56. The maximum absolute atomic E-state index is 12.9. The van der Waals surface area contributed by atoms with Crippen LogP contribution in [0.1, 0.15) is 66.9 Å². The predicted molar refractivity (Wildman–Crippen MR) is 138 cm³/mol. The smallest absolute Gasteiger partial charge is 0.416 e. The van der Waals surface area contributed by atoms with Gasteiger partial charge in [-0.05, 0) is 68.2 Å². The normalized spacial score (nSPS) is 24.4. The third-order valence-corrected chi connectivity index (χ3v) is 7.79. The fourth-order valence-corrected chi connectivity index (χ4v) is 5.51. The number of carbonyl (C=O) groups excluding carboxylic acids is 2. The third-order valence-electron chi connectivity index (χ3n) is 7.79. The zero-order valence-corrected chi connectivity index (χ0v) is 22.3.